The van der Waals surface area contributed by atoms with Crippen LogP contribution in [-0.2, 0) is 16.0 Å². The van der Waals surface area contributed by atoms with Gasteiger partial charge in [0, 0.05) is 33.3 Å². The summed E-state index contributed by atoms with van der Waals surface area (Å²) in [6.07, 6.45) is 2.84. The standard InChI is InChI=1S/C20H31FN4O2/c1-3-22-20(25(2)12-13-27-15-17-4-5-17)24-11-10-23-19(26)14-16-6-8-18(21)9-7-16/h6-9,17H,3-5,10-15H2,1-2H3,(H,22,24)(H,23,26). The average molecular weight is 378 g/mol. The fourth-order valence-corrected chi connectivity index (χ4v) is 2.52. The lowest BCUT2D eigenvalue weighted by atomic mass is 10.1. The number of likely N-dealkylation sites (N-methyl/N-ethyl adjacent to an activating group) is 1. The summed E-state index contributed by atoms with van der Waals surface area (Å²) in [5.41, 5.74) is 0.789. The summed E-state index contributed by atoms with van der Waals surface area (Å²) in [5, 5.41) is 6.09. The van der Waals surface area contributed by atoms with Crippen LogP contribution < -0.4 is 10.6 Å². The summed E-state index contributed by atoms with van der Waals surface area (Å²) in [6.45, 7) is 6.08. The van der Waals surface area contributed by atoms with Crippen LogP contribution in [0.2, 0.25) is 0 Å². The molecule has 1 aromatic carbocycles. The maximum absolute atomic E-state index is 12.9. The molecule has 0 atom stereocenters. The van der Waals surface area contributed by atoms with Crippen molar-refractivity contribution in [2.45, 2.75) is 26.2 Å². The van der Waals surface area contributed by atoms with Crippen LogP contribution in [0.1, 0.15) is 25.3 Å². The third kappa shape index (κ3) is 8.86. The summed E-state index contributed by atoms with van der Waals surface area (Å²) in [7, 11) is 1.98. The van der Waals surface area contributed by atoms with Crippen LogP contribution in [0.3, 0.4) is 0 Å². The highest BCUT2D eigenvalue weighted by atomic mass is 19.1. The van der Waals surface area contributed by atoms with E-state index in [2.05, 4.69) is 15.6 Å². The topological polar surface area (TPSA) is 66.0 Å². The van der Waals surface area contributed by atoms with Crippen LogP contribution in [0, 0.1) is 11.7 Å². The molecule has 0 aliphatic heterocycles. The van der Waals surface area contributed by atoms with Crippen LogP contribution >= 0.6 is 0 Å². The van der Waals surface area contributed by atoms with Gasteiger partial charge in [-0.25, -0.2) is 4.39 Å². The van der Waals surface area contributed by atoms with E-state index in [1.165, 1.54) is 25.0 Å². The molecule has 1 amide bonds. The third-order valence-corrected chi connectivity index (χ3v) is 4.29. The van der Waals surface area contributed by atoms with Crippen LogP contribution in [0.15, 0.2) is 29.3 Å². The first-order chi connectivity index (χ1) is 13.1. The van der Waals surface area contributed by atoms with Crippen molar-refractivity contribution in [3.63, 3.8) is 0 Å². The van der Waals surface area contributed by atoms with E-state index in [9.17, 15) is 9.18 Å². The number of carbonyl (C=O) groups is 1. The molecule has 1 aliphatic rings. The van der Waals surface area contributed by atoms with Gasteiger partial charge in [0.15, 0.2) is 5.96 Å². The van der Waals surface area contributed by atoms with Gasteiger partial charge in [-0.15, -0.1) is 0 Å². The summed E-state index contributed by atoms with van der Waals surface area (Å²) in [5.74, 6) is 1.19. The minimum absolute atomic E-state index is 0.0939. The van der Waals surface area contributed by atoms with Crippen molar-refractivity contribution in [2.75, 3.05) is 46.4 Å². The van der Waals surface area contributed by atoms with Crippen molar-refractivity contribution in [3.8, 4) is 0 Å². The molecule has 0 unspecified atom stereocenters. The van der Waals surface area contributed by atoms with Gasteiger partial charge in [-0.1, -0.05) is 12.1 Å². The van der Waals surface area contributed by atoms with Crippen molar-refractivity contribution in [1.29, 1.82) is 0 Å². The Kier molecular flexibility index (Phi) is 9.04. The number of amides is 1. The van der Waals surface area contributed by atoms with E-state index in [1.54, 1.807) is 12.1 Å². The first-order valence-electron chi connectivity index (χ1n) is 9.66. The number of ether oxygens (including phenoxy) is 1. The minimum atomic E-state index is -0.300. The van der Waals surface area contributed by atoms with Gasteiger partial charge in [0.1, 0.15) is 5.82 Å². The Morgan fingerprint density at radius 3 is 2.70 bits per heavy atom. The average Bonchev–Trinajstić information content (AvgIpc) is 3.47. The van der Waals surface area contributed by atoms with Crippen LogP contribution in [0.25, 0.3) is 0 Å². The van der Waals surface area contributed by atoms with Gasteiger partial charge in [0.25, 0.3) is 0 Å². The molecular weight excluding hydrogens is 347 g/mol. The minimum Gasteiger partial charge on any atom is -0.379 e. The second-order valence-electron chi connectivity index (χ2n) is 6.83. The highest BCUT2D eigenvalue weighted by Gasteiger charge is 2.21. The molecule has 0 saturated heterocycles. The van der Waals surface area contributed by atoms with Crippen LogP contribution in [-0.4, -0.2) is 63.2 Å². The van der Waals surface area contributed by atoms with Crippen molar-refractivity contribution in [3.05, 3.63) is 35.6 Å². The number of guanidine groups is 1. The van der Waals surface area contributed by atoms with E-state index in [0.29, 0.717) is 19.7 Å². The van der Waals surface area contributed by atoms with Gasteiger partial charge in [-0.2, -0.15) is 0 Å². The second kappa shape index (κ2) is 11.5. The molecule has 0 heterocycles. The fourth-order valence-electron chi connectivity index (χ4n) is 2.52. The first-order valence-corrected chi connectivity index (χ1v) is 9.66. The van der Waals surface area contributed by atoms with Gasteiger partial charge in [-0.05, 0) is 43.4 Å². The number of carbonyl (C=O) groups excluding carboxylic acids is 1. The zero-order valence-electron chi connectivity index (χ0n) is 16.3. The number of benzene rings is 1. The molecule has 7 heteroatoms. The maximum Gasteiger partial charge on any atom is 0.224 e. The molecule has 0 radical (unpaired) electrons. The Bertz CT molecular complexity index is 603. The van der Waals surface area contributed by atoms with E-state index in [-0.39, 0.29) is 18.1 Å². The Labute approximate surface area is 161 Å². The zero-order chi connectivity index (χ0) is 19.5. The Morgan fingerprint density at radius 1 is 1.30 bits per heavy atom. The molecule has 1 aromatic rings. The lowest BCUT2D eigenvalue weighted by Gasteiger charge is -2.22. The fraction of sp³-hybridized carbons (Fsp3) is 0.600. The van der Waals surface area contributed by atoms with Crippen molar-refractivity contribution in [1.82, 2.24) is 15.5 Å². The molecule has 2 rings (SSSR count). The number of nitrogens with one attached hydrogen (secondary N) is 2. The molecular formula is C20H31FN4O2. The van der Waals surface area contributed by atoms with Crippen LogP contribution in [0.5, 0.6) is 0 Å². The number of rotatable bonds is 11. The second-order valence-corrected chi connectivity index (χ2v) is 6.83. The molecule has 0 bridgehead atoms. The molecule has 1 aliphatic carbocycles. The lowest BCUT2D eigenvalue weighted by Crippen LogP contribution is -2.41. The number of hydrogen-bond acceptors (Lipinski definition) is 3. The monoisotopic (exact) mass is 378 g/mol. The van der Waals surface area contributed by atoms with Crippen molar-refractivity contribution >= 4 is 11.9 Å². The predicted octanol–water partition coefficient (Wildman–Crippen LogP) is 1.81. The van der Waals surface area contributed by atoms with E-state index in [4.69, 9.17) is 4.74 Å². The summed E-state index contributed by atoms with van der Waals surface area (Å²) in [6, 6.07) is 5.97. The van der Waals surface area contributed by atoms with E-state index >= 15 is 0 Å². The Balaban J connectivity index is 1.66. The van der Waals surface area contributed by atoms with Crippen molar-refractivity contribution < 1.29 is 13.9 Å². The largest absolute Gasteiger partial charge is 0.379 e. The SMILES string of the molecule is CCNC(=NCCNC(=O)Cc1ccc(F)cc1)N(C)CCOCC1CC1. The molecule has 2 N–H and O–H groups in total. The third-order valence-electron chi connectivity index (χ3n) is 4.29. The number of halogens is 1. The summed E-state index contributed by atoms with van der Waals surface area (Å²) in [4.78, 5) is 18.5. The number of hydrogen-bond donors (Lipinski definition) is 2. The highest BCUT2D eigenvalue weighted by molar-refractivity contribution is 5.80. The van der Waals surface area contributed by atoms with Gasteiger partial charge in [0.05, 0.1) is 19.6 Å². The molecule has 0 aromatic heterocycles. The Morgan fingerprint density at radius 2 is 2.04 bits per heavy atom. The molecule has 0 spiro atoms. The van der Waals surface area contributed by atoms with E-state index in [1.807, 2.05) is 18.9 Å². The maximum atomic E-state index is 12.9. The molecule has 1 saturated carbocycles. The van der Waals surface area contributed by atoms with Gasteiger partial charge in [-0.3, -0.25) is 9.79 Å². The normalized spacial score (nSPS) is 14.1. The molecule has 150 valence electrons. The molecule has 27 heavy (non-hydrogen) atoms. The molecule has 6 nitrogen and oxygen atoms in total. The molecule has 1 fully saturated rings. The highest BCUT2D eigenvalue weighted by Crippen LogP contribution is 2.28. The van der Waals surface area contributed by atoms with Crippen LogP contribution in [0.4, 0.5) is 4.39 Å². The van der Waals surface area contributed by atoms with Gasteiger partial charge in [0.2, 0.25) is 5.91 Å². The quantitative estimate of drug-likeness (QED) is 0.350. The summed E-state index contributed by atoms with van der Waals surface area (Å²) >= 11 is 0. The van der Waals surface area contributed by atoms with E-state index in [0.717, 1.165) is 37.1 Å². The summed E-state index contributed by atoms with van der Waals surface area (Å²) < 4.78 is 18.6. The first kappa shape index (κ1) is 21.2. The smallest absolute Gasteiger partial charge is 0.224 e. The van der Waals surface area contributed by atoms with Crippen molar-refractivity contribution in [2.24, 2.45) is 10.9 Å². The number of aliphatic imine (C=N–C) groups is 1. The number of nitrogens with zero attached hydrogens (tertiary/aromatic N) is 2. The Hall–Kier alpha value is -2.15. The predicted molar refractivity (Wildman–Crippen MR) is 105 cm³/mol. The zero-order valence-corrected chi connectivity index (χ0v) is 16.3. The lowest BCUT2D eigenvalue weighted by molar-refractivity contribution is -0.120. The van der Waals surface area contributed by atoms with Gasteiger partial charge >= 0.3 is 0 Å². The van der Waals surface area contributed by atoms with E-state index < -0.39 is 0 Å². The van der Waals surface area contributed by atoms with Gasteiger partial charge < -0.3 is 20.3 Å².